The van der Waals surface area contributed by atoms with Crippen LogP contribution in [0.5, 0.6) is 0 Å². The lowest BCUT2D eigenvalue weighted by Crippen LogP contribution is -1.91. The second kappa shape index (κ2) is 5.35. The summed E-state index contributed by atoms with van der Waals surface area (Å²) in [4.78, 5) is 4.24. The molecule has 0 radical (unpaired) electrons. The maximum atomic E-state index is 4.24. The lowest BCUT2D eigenvalue weighted by Gasteiger charge is -2.02. The Morgan fingerprint density at radius 2 is 1.80 bits per heavy atom. The van der Waals surface area contributed by atoms with Crippen molar-refractivity contribution in [3.63, 3.8) is 0 Å². The van der Waals surface area contributed by atoms with Gasteiger partial charge in [0.25, 0.3) is 0 Å². The van der Waals surface area contributed by atoms with Crippen LogP contribution in [0.3, 0.4) is 0 Å². The molecule has 2 nitrogen and oxygen atoms in total. The molecular weight excluding hydrogens is 184 g/mol. The van der Waals surface area contributed by atoms with Gasteiger partial charge in [0.2, 0.25) is 0 Å². The predicted octanol–water partition coefficient (Wildman–Crippen LogP) is 3.61. The summed E-state index contributed by atoms with van der Waals surface area (Å²) >= 11 is 0. The average Bonchev–Trinajstić information content (AvgIpc) is 2.30. The van der Waals surface area contributed by atoms with E-state index in [0.717, 1.165) is 5.82 Å². The third-order valence-corrected chi connectivity index (χ3v) is 2.13. The molecule has 1 N–H and O–H groups in total. The van der Waals surface area contributed by atoms with E-state index >= 15 is 0 Å². The van der Waals surface area contributed by atoms with Crippen molar-refractivity contribution in [2.24, 2.45) is 0 Å². The van der Waals surface area contributed by atoms with E-state index in [9.17, 15) is 0 Å². The van der Waals surface area contributed by atoms with Crippen LogP contribution in [0.1, 0.15) is 19.4 Å². The molecular formula is C13H18N2. The third-order valence-electron chi connectivity index (χ3n) is 2.13. The van der Waals surface area contributed by atoms with Crippen molar-refractivity contribution in [3.8, 4) is 0 Å². The number of pyridine rings is 1. The van der Waals surface area contributed by atoms with Gasteiger partial charge in [0.15, 0.2) is 0 Å². The lowest BCUT2D eigenvalue weighted by molar-refractivity contribution is 1.31. The molecule has 0 atom stereocenters. The molecule has 1 aromatic heterocycles. The van der Waals surface area contributed by atoms with Gasteiger partial charge in [0.05, 0.1) is 0 Å². The van der Waals surface area contributed by atoms with Gasteiger partial charge in [-0.2, -0.15) is 0 Å². The van der Waals surface area contributed by atoms with Gasteiger partial charge >= 0.3 is 0 Å². The molecule has 0 spiro atoms. The fraction of sp³-hybridized carbons (Fsp3) is 0.308. The Morgan fingerprint density at radius 3 is 2.47 bits per heavy atom. The molecule has 80 valence electrons. The lowest BCUT2D eigenvalue weighted by atomic mass is 10.1. The zero-order valence-corrected chi connectivity index (χ0v) is 9.83. The zero-order valence-electron chi connectivity index (χ0n) is 9.83. The number of nitrogens with one attached hydrogen (secondary N) is 1. The number of rotatable bonds is 1. The molecule has 15 heavy (non-hydrogen) atoms. The SMILES string of the molecule is CC.CNc1cc2cc(C)ccc2cn1. The second-order valence-corrected chi connectivity index (χ2v) is 3.17. The number of anilines is 1. The second-order valence-electron chi connectivity index (χ2n) is 3.17. The molecule has 2 heteroatoms. The van der Waals surface area contributed by atoms with E-state index in [1.807, 2.05) is 27.1 Å². The van der Waals surface area contributed by atoms with Crippen molar-refractivity contribution in [1.82, 2.24) is 4.98 Å². The number of aromatic nitrogens is 1. The number of hydrogen-bond acceptors (Lipinski definition) is 2. The Bertz CT molecular complexity index is 435. The Hall–Kier alpha value is -1.57. The maximum absolute atomic E-state index is 4.24. The van der Waals surface area contributed by atoms with Gasteiger partial charge in [-0.15, -0.1) is 0 Å². The van der Waals surface area contributed by atoms with Crippen LogP contribution in [0.2, 0.25) is 0 Å². The van der Waals surface area contributed by atoms with Gasteiger partial charge in [0.1, 0.15) is 5.82 Å². The summed E-state index contributed by atoms with van der Waals surface area (Å²) in [6.07, 6.45) is 1.89. The van der Waals surface area contributed by atoms with Crippen LogP contribution in [-0.2, 0) is 0 Å². The molecule has 0 amide bonds. The quantitative estimate of drug-likeness (QED) is 0.764. The van der Waals surface area contributed by atoms with Crippen molar-refractivity contribution < 1.29 is 0 Å². The smallest absolute Gasteiger partial charge is 0.126 e. The number of nitrogens with zero attached hydrogens (tertiary/aromatic N) is 1. The first kappa shape index (κ1) is 11.5. The van der Waals surface area contributed by atoms with Crippen LogP contribution in [0.4, 0.5) is 5.82 Å². The van der Waals surface area contributed by atoms with Crippen LogP contribution >= 0.6 is 0 Å². The minimum atomic E-state index is 0.915. The van der Waals surface area contributed by atoms with E-state index in [0.29, 0.717) is 0 Å². The number of benzene rings is 1. The Labute approximate surface area is 91.3 Å². The molecule has 0 bridgehead atoms. The van der Waals surface area contributed by atoms with Crippen LogP contribution < -0.4 is 5.32 Å². The first-order valence-electron chi connectivity index (χ1n) is 5.34. The molecule has 0 fully saturated rings. The van der Waals surface area contributed by atoms with Gasteiger partial charge in [0, 0.05) is 18.6 Å². The molecule has 0 aliphatic rings. The average molecular weight is 202 g/mol. The molecule has 0 saturated heterocycles. The van der Waals surface area contributed by atoms with Crippen molar-refractivity contribution in [2.75, 3.05) is 12.4 Å². The van der Waals surface area contributed by atoms with Gasteiger partial charge in [-0.05, 0) is 18.4 Å². The number of aryl methyl sites for hydroxylation is 1. The minimum absolute atomic E-state index is 0.915. The normalized spacial score (nSPS) is 9.33. The van der Waals surface area contributed by atoms with Crippen molar-refractivity contribution in [3.05, 3.63) is 36.0 Å². The summed E-state index contributed by atoms with van der Waals surface area (Å²) < 4.78 is 0. The molecule has 0 aliphatic heterocycles. The van der Waals surface area contributed by atoms with E-state index < -0.39 is 0 Å². The number of hydrogen-bond donors (Lipinski definition) is 1. The molecule has 1 heterocycles. The number of fused-ring (bicyclic) bond motifs is 1. The molecule has 0 saturated carbocycles. The highest BCUT2D eigenvalue weighted by atomic mass is 14.9. The molecule has 2 rings (SSSR count). The fourth-order valence-corrected chi connectivity index (χ4v) is 1.40. The van der Waals surface area contributed by atoms with Crippen LogP contribution in [0.25, 0.3) is 10.8 Å². The van der Waals surface area contributed by atoms with E-state index in [1.165, 1.54) is 16.3 Å². The van der Waals surface area contributed by atoms with Gasteiger partial charge < -0.3 is 5.32 Å². The molecule has 2 aromatic rings. The molecule has 0 unspecified atom stereocenters. The molecule has 1 aromatic carbocycles. The summed E-state index contributed by atoms with van der Waals surface area (Å²) in [5.41, 5.74) is 1.28. The van der Waals surface area contributed by atoms with Gasteiger partial charge in [-0.25, -0.2) is 4.98 Å². The zero-order chi connectivity index (χ0) is 11.3. The summed E-state index contributed by atoms with van der Waals surface area (Å²) in [5.74, 6) is 0.915. The van der Waals surface area contributed by atoms with Crippen LogP contribution in [0, 0.1) is 6.92 Å². The minimum Gasteiger partial charge on any atom is -0.373 e. The van der Waals surface area contributed by atoms with E-state index in [-0.39, 0.29) is 0 Å². The topological polar surface area (TPSA) is 24.9 Å². The Kier molecular flexibility index (Phi) is 4.10. The van der Waals surface area contributed by atoms with Crippen molar-refractivity contribution >= 4 is 16.6 Å². The highest BCUT2D eigenvalue weighted by Gasteiger charge is 1.95. The van der Waals surface area contributed by atoms with Crippen molar-refractivity contribution in [2.45, 2.75) is 20.8 Å². The first-order chi connectivity index (χ1) is 7.29. The third kappa shape index (κ3) is 2.69. The largest absolute Gasteiger partial charge is 0.373 e. The fourth-order valence-electron chi connectivity index (χ4n) is 1.40. The van der Waals surface area contributed by atoms with Gasteiger partial charge in [-0.3, -0.25) is 0 Å². The standard InChI is InChI=1S/C11H12N2.C2H6/c1-8-3-4-9-7-13-11(12-2)6-10(9)5-8;1-2/h3-7H,1-2H3,(H,12,13);1-2H3. The highest BCUT2D eigenvalue weighted by Crippen LogP contribution is 2.17. The predicted molar refractivity (Wildman–Crippen MR) is 67.4 cm³/mol. The van der Waals surface area contributed by atoms with E-state index in [4.69, 9.17) is 0 Å². The summed E-state index contributed by atoms with van der Waals surface area (Å²) in [6, 6.07) is 8.42. The summed E-state index contributed by atoms with van der Waals surface area (Å²) in [7, 11) is 1.88. The van der Waals surface area contributed by atoms with Crippen LogP contribution in [0.15, 0.2) is 30.5 Å². The van der Waals surface area contributed by atoms with E-state index in [1.54, 1.807) is 0 Å². The van der Waals surface area contributed by atoms with Crippen LogP contribution in [-0.4, -0.2) is 12.0 Å². The molecule has 0 aliphatic carbocycles. The maximum Gasteiger partial charge on any atom is 0.126 e. The highest BCUT2D eigenvalue weighted by molar-refractivity contribution is 5.84. The monoisotopic (exact) mass is 202 g/mol. The van der Waals surface area contributed by atoms with E-state index in [2.05, 4.69) is 41.5 Å². The van der Waals surface area contributed by atoms with Gasteiger partial charge in [-0.1, -0.05) is 37.6 Å². The summed E-state index contributed by atoms with van der Waals surface area (Å²) in [5, 5.41) is 5.45. The van der Waals surface area contributed by atoms with Crippen molar-refractivity contribution in [1.29, 1.82) is 0 Å². The Morgan fingerprint density at radius 1 is 1.07 bits per heavy atom. The Balaban J connectivity index is 0.000000531. The first-order valence-corrected chi connectivity index (χ1v) is 5.34. The summed E-state index contributed by atoms with van der Waals surface area (Å²) in [6.45, 7) is 6.10.